The van der Waals surface area contributed by atoms with Crippen molar-refractivity contribution in [1.82, 2.24) is 24.6 Å². The summed E-state index contributed by atoms with van der Waals surface area (Å²) in [6.45, 7) is 3.69. The minimum Gasteiger partial charge on any atom is -0.379 e. The Morgan fingerprint density at radius 3 is 2.58 bits per heavy atom. The molecule has 4 aromatic rings. The van der Waals surface area contributed by atoms with Gasteiger partial charge in [0.15, 0.2) is 0 Å². The molecule has 0 radical (unpaired) electrons. The fraction of sp³-hybridized carbons (Fsp3) is 0.304. The fourth-order valence-electron chi connectivity index (χ4n) is 4.00. The second kappa shape index (κ2) is 8.49. The van der Waals surface area contributed by atoms with Gasteiger partial charge in [-0.15, -0.1) is 0 Å². The predicted octanol–water partition coefficient (Wildman–Crippen LogP) is 2.80. The average molecular weight is 421 g/mol. The van der Waals surface area contributed by atoms with E-state index in [-0.39, 0.29) is 11.4 Å². The van der Waals surface area contributed by atoms with Crippen molar-refractivity contribution in [2.45, 2.75) is 19.4 Å². The number of imidazole rings is 1. The Morgan fingerprint density at radius 2 is 1.81 bits per heavy atom. The van der Waals surface area contributed by atoms with Gasteiger partial charge in [-0.25, -0.2) is 9.37 Å². The molecule has 0 aliphatic carbocycles. The molecule has 0 spiro atoms. The first-order valence-corrected chi connectivity index (χ1v) is 10.5. The topological polar surface area (TPSA) is 78.9 Å². The zero-order valence-electron chi connectivity index (χ0n) is 17.1. The molecule has 8 heteroatoms. The molecule has 31 heavy (non-hydrogen) atoms. The predicted molar refractivity (Wildman–Crippen MR) is 116 cm³/mol. The van der Waals surface area contributed by atoms with Gasteiger partial charge in [-0.3, -0.25) is 14.8 Å². The molecule has 3 heterocycles. The third-order valence-electron chi connectivity index (χ3n) is 5.72. The molecule has 1 saturated heterocycles. The highest BCUT2D eigenvalue weighted by molar-refractivity contribution is 5.75. The quantitative estimate of drug-likeness (QED) is 0.502. The van der Waals surface area contributed by atoms with Crippen LogP contribution in [0.4, 0.5) is 4.39 Å². The summed E-state index contributed by atoms with van der Waals surface area (Å²) < 4.78 is 20.2. The molecule has 0 bridgehead atoms. The lowest BCUT2D eigenvalue weighted by molar-refractivity contribution is 0.0335. The lowest BCUT2D eigenvalue weighted by Crippen LogP contribution is -2.36. The van der Waals surface area contributed by atoms with Crippen LogP contribution >= 0.6 is 0 Å². The molecule has 2 aromatic carbocycles. The number of benzene rings is 2. The zero-order valence-corrected chi connectivity index (χ0v) is 17.1. The summed E-state index contributed by atoms with van der Waals surface area (Å²) in [6, 6.07) is 14.1. The fourth-order valence-corrected chi connectivity index (χ4v) is 4.00. The van der Waals surface area contributed by atoms with E-state index < -0.39 is 0 Å². The van der Waals surface area contributed by atoms with E-state index in [9.17, 15) is 9.18 Å². The van der Waals surface area contributed by atoms with Crippen LogP contribution in [0.5, 0.6) is 0 Å². The average Bonchev–Trinajstić information content (AvgIpc) is 3.35. The molecule has 160 valence electrons. The van der Waals surface area contributed by atoms with Gasteiger partial charge in [0.05, 0.1) is 29.9 Å². The van der Waals surface area contributed by atoms with Crippen molar-refractivity contribution in [3.63, 3.8) is 0 Å². The number of fused-ring (bicyclic) bond motifs is 1. The number of morpholine rings is 1. The molecule has 0 atom stereocenters. The van der Waals surface area contributed by atoms with E-state index in [1.165, 1.54) is 16.8 Å². The second-order valence-corrected chi connectivity index (χ2v) is 7.80. The molecule has 2 N–H and O–H groups in total. The normalized spacial score (nSPS) is 15.0. The highest BCUT2D eigenvalue weighted by atomic mass is 19.1. The van der Waals surface area contributed by atoms with Gasteiger partial charge in [-0.05, 0) is 42.7 Å². The van der Waals surface area contributed by atoms with E-state index in [0.29, 0.717) is 38.5 Å². The number of hydrogen-bond donors (Lipinski definition) is 2. The van der Waals surface area contributed by atoms with Gasteiger partial charge in [0.1, 0.15) is 5.82 Å². The number of H-pyrrole nitrogens is 2. The van der Waals surface area contributed by atoms with E-state index >= 15 is 0 Å². The Kier molecular flexibility index (Phi) is 5.40. The number of ether oxygens (including phenoxy) is 1. The van der Waals surface area contributed by atoms with Crippen LogP contribution in [0, 0.1) is 5.82 Å². The first-order chi connectivity index (χ1) is 15.2. The van der Waals surface area contributed by atoms with E-state index in [1.54, 1.807) is 12.1 Å². The van der Waals surface area contributed by atoms with Crippen LogP contribution in [0.15, 0.2) is 53.3 Å². The molecule has 0 saturated carbocycles. The zero-order chi connectivity index (χ0) is 21.2. The van der Waals surface area contributed by atoms with Crippen molar-refractivity contribution in [3.05, 3.63) is 81.5 Å². The first-order valence-electron chi connectivity index (χ1n) is 10.5. The van der Waals surface area contributed by atoms with Crippen molar-refractivity contribution >= 4 is 11.0 Å². The van der Waals surface area contributed by atoms with Crippen molar-refractivity contribution in [3.8, 4) is 5.95 Å². The second-order valence-electron chi connectivity index (χ2n) is 7.80. The van der Waals surface area contributed by atoms with Crippen LogP contribution in [0.25, 0.3) is 17.0 Å². The van der Waals surface area contributed by atoms with Gasteiger partial charge in [0, 0.05) is 25.2 Å². The Hall–Kier alpha value is -3.23. The molecule has 7 nitrogen and oxygen atoms in total. The Labute approximate surface area is 178 Å². The van der Waals surface area contributed by atoms with Crippen molar-refractivity contribution in [2.24, 2.45) is 0 Å². The summed E-state index contributed by atoms with van der Waals surface area (Å²) in [4.78, 5) is 23.4. The van der Waals surface area contributed by atoms with E-state index in [2.05, 4.69) is 20.0 Å². The number of aromatic amines is 2. The van der Waals surface area contributed by atoms with Gasteiger partial charge >= 0.3 is 0 Å². The lowest BCUT2D eigenvalue weighted by Gasteiger charge is -2.26. The maximum absolute atomic E-state index is 13.4. The Bertz CT molecular complexity index is 1200. The number of para-hydroxylation sites is 2. The highest BCUT2D eigenvalue weighted by Gasteiger charge is 2.20. The van der Waals surface area contributed by atoms with Gasteiger partial charge in [0.25, 0.3) is 5.56 Å². The number of aryl methyl sites for hydroxylation is 1. The number of nitrogens with zero attached hydrogens (tertiary/aromatic N) is 3. The Morgan fingerprint density at radius 1 is 1.03 bits per heavy atom. The third kappa shape index (κ3) is 4.17. The van der Waals surface area contributed by atoms with Crippen LogP contribution < -0.4 is 5.56 Å². The van der Waals surface area contributed by atoms with Crippen LogP contribution in [0.2, 0.25) is 0 Å². The van der Waals surface area contributed by atoms with Crippen LogP contribution in [0.3, 0.4) is 0 Å². The number of hydrogen-bond acceptors (Lipinski definition) is 4. The van der Waals surface area contributed by atoms with Gasteiger partial charge in [0.2, 0.25) is 5.95 Å². The SMILES string of the molecule is O=c1c(CCc2ccc(F)cc2)c(CN2CCOCC2)[nH]n1-c1nc2ccccc2[nH]1. The lowest BCUT2D eigenvalue weighted by atomic mass is 10.0. The van der Waals surface area contributed by atoms with Crippen LogP contribution in [-0.2, 0) is 24.1 Å². The molecule has 2 aromatic heterocycles. The smallest absolute Gasteiger partial charge is 0.277 e. The Balaban J connectivity index is 1.48. The molecule has 1 fully saturated rings. The first kappa shape index (κ1) is 19.7. The van der Waals surface area contributed by atoms with E-state index in [4.69, 9.17) is 4.74 Å². The van der Waals surface area contributed by atoms with Gasteiger partial charge in [-0.1, -0.05) is 24.3 Å². The maximum atomic E-state index is 13.4. The van der Waals surface area contributed by atoms with Crippen molar-refractivity contribution in [1.29, 1.82) is 0 Å². The molecular weight excluding hydrogens is 397 g/mol. The molecule has 5 rings (SSSR count). The number of rotatable bonds is 6. The van der Waals surface area contributed by atoms with Gasteiger partial charge in [-0.2, -0.15) is 4.68 Å². The largest absolute Gasteiger partial charge is 0.379 e. The molecule has 1 aliphatic heterocycles. The van der Waals surface area contributed by atoms with Crippen LogP contribution in [0.1, 0.15) is 16.8 Å². The maximum Gasteiger partial charge on any atom is 0.277 e. The number of aromatic nitrogens is 4. The summed E-state index contributed by atoms with van der Waals surface area (Å²) in [5, 5.41) is 3.29. The van der Waals surface area contributed by atoms with Gasteiger partial charge < -0.3 is 9.72 Å². The van der Waals surface area contributed by atoms with Crippen LogP contribution in [-0.4, -0.2) is 51.0 Å². The van der Waals surface area contributed by atoms with E-state index in [1.807, 2.05) is 24.3 Å². The summed E-state index contributed by atoms with van der Waals surface area (Å²) in [7, 11) is 0. The molecule has 0 unspecified atom stereocenters. The monoisotopic (exact) mass is 421 g/mol. The van der Waals surface area contributed by atoms with Crippen molar-refractivity contribution in [2.75, 3.05) is 26.3 Å². The van der Waals surface area contributed by atoms with E-state index in [0.717, 1.165) is 40.9 Å². The summed E-state index contributed by atoms with van der Waals surface area (Å²) in [6.07, 6.45) is 1.22. The summed E-state index contributed by atoms with van der Waals surface area (Å²) in [5.74, 6) is 0.216. The highest BCUT2D eigenvalue weighted by Crippen LogP contribution is 2.16. The minimum atomic E-state index is -0.259. The third-order valence-corrected chi connectivity index (χ3v) is 5.72. The number of halogens is 1. The minimum absolute atomic E-state index is 0.107. The summed E-state index contributed by atoms with van der Waals surface area (Å²) >= 11 is 0. The number of nitrogens with one attached hydrogen (secondary N) is 2. The molecule has 0 amide bonds. The molecular formula is C23H24FN5O2. The molecule has 1 aliphatic rings. The van der Waals surface area contributed by atoms with Crippen molar-refractivity contribution < 1.29 is 9.13 Å². The standard InChI is InChI=1S/C23H24FN5O2/c24-17-8-5-16(6-9-17)7-10-18-21(15-28-11-13-31-14-12-28)27-29(22(18)30)23-25-19-3-1-2-4-20(19)26-23/h1-6,8-9,27H,7,10-15H2,(H,25,26). The summed E-state index contributed by atoms with van der Waals surface area (Å²) in [5.41, 5.74) is 4.19.